The minimum absolute atomic E-state index is 0.0726. The van der Waals surface area contributed by atoms with Crippen molar-refractivity contribution in [2.24, 2.45) is 0 Å². The highest BCUT2D eigenvalue weighted by Crippen LogP contribution is 2.25. The van der Waals surface area contributed by atoms with E-state index in [2.05, 4.69) is 63.9 Å². The van der Waals surface area contributed by atoms with Crippen molar-refractivity contribution in [3.63, 3.8) is 0 Å². The quantitative estimate of drug-likeness (QED) is 0.740. The van der Waals surface area contributed by atoms with E-state index < -0.39 is 0 Å². The number of hydrogen-bond acceptors (Lipinski definition) is 1. The van der Waals surface area contributed by atoms with Crippen LogP contribution in [0.15, 0.2) is 36.9 Å². The van der Waals surface area contributed by atoms with Crippen LogP contribution in [0.4, 0.5) is 5.69 Å². The van der Waals surface area contributed by atoms with E-state index in [4.69, 9.17) is 0 Å². The van der Waals surface area contributed by atoms with Crippen LogP contribution in [0.5, 0.6) is 0 Å². The molecule has 0 saturated carbocycles. The first-order chi connectivity index (χ1) is 7.98. The zero-order valence-corrected chi connectivity index (χ0v) is 11.4. The fourth-order valence-electron chi connectivity index (χ4n) is 1.80. The summed E-state index contributed by atoms with van der Waals surface area (Å²) in [6, 6.07) is 6.42. The molecule has 0 spiro atoms. The summed E-state index contributed by atoms with van der Waals surface area (Å²) in [5, 5.41) is 3.55. The average molecular weight is 229 g/mol. The average Bonchev–Trinajstić information content (AvgIpc) is 2.25. The second-order valence-electron chi connectivity index (χ2n) is 5.20. The van der Waals surface area contributed by atoms with Gasteiger partial charge in [-0.3, -0.25) is 0 Å². The van der Waals surface area contributed by atoms with Crippen molar-refractivity contribution in [3.05, 3.63) is 48.1 Å². The maximum Gasteiger partial charge on any atom is 0.0420 e. The molecular formula is C16H23N. The molecule has 1 heteroatoms. The van der Waals surface area contributed by atoms with Crippen LogP contribution >= 0.6 is 0 Å². The first-order valence-electron chi connectivity index (χ1n) is 6.17. The Kier molecular flexibility index (Phi) is 4.56. The molecule has 1 N–H and O–H groups in total. The minimum Gasteiger partial charge on any atom is -0.380 e. The molecule has 0 atom stereocenters. The standard InChI is InChI=1S/C16H23N/c1-6-8-11-14-13(7-2)10-9-12-15(14)17-16(3,4)5/h6,8-12,17H,1,7H2,2-5H3/b11-8-. The summed E-state index contributed by atoms with van der Waals surface area (Å²) in [4.78, 5) is 0. The summed E-state index contributed by atoms with van der Waals surface area (Å²) in [7, 11) is 0. The molecule has 0 aromatic heterocycles. The van der Waals surface area contributed by atoms with Crippen LogP contribution in [0, 0.1) is 0 Å². The van der Waals surface area contributed by atoms with Crippen molar-refractivity contribution in [2.45, 2.75) is 39.7 Å². The Morgan fingerprint density at radius 2 is 2.00 bits per heavy atom. The van der Waals surface area contributed by atoms with Gasteiger partial charge in [-0.1, -0.05) is 43.9 Å². The van der Waals surface area contributed by atoms with Crippen LogP contribution in [0.2, 0.25) is 0 Å². The molecule has 1 nitrogen and oxygen atoms in total. The topological polar surface area (TPSA) is 12.0 Å². The van der Waals surface area contributed by atoms with E-state index in [1.807, 2.05) is 12.2 Å². The first kappa shape index (κ1) is 13.6. The van der Waals surface area contributed by atoms with Gasteiger partial charge in [0.25, 0.3) is 0 Å². The normalized spacial score (nSPS) is 11.8. The highest BCUT2D eigenvalue weighted by molar-refractivity contribution is 5.70. The second kappa shape index (κ2) is 5.72. The maximum atomic E-state index is 3.73. The Balaban J connectivity index is 3.19. The molecule has 0 bridgehead atoms. The molecule has 0 saturated heterocycles. The molecule has 17 heavy (non-hydrogen) atoms. The molecule has 1 aromatic rings. The van der Waals surface area contributed by atoms with Gasteiger partial charge in [-0.05, 0) is 38.8 Å². The third kappa shape index (κ3) is 4.10. The Morgan fingerprint density at radius 1 is 1.29 bits per heavy atom. The third-order valence-corrected chi connectivity index (χ3v) is 2.49. The van der Waals surface area contributed by atoms with Crippen molar-refractivity contribution in [1.29, 1.82) is 0 Å². The number of allylic oxidation sites excluding steroid dienone is 2. The predicted octanol–water partition coefficient (Wildman–Crippen LogP) is 4.66. The molecule has 92 valence electrons. The number of benzene rings is 1. The molecule has 0 aliphatic heterocycles. The van der Waals surface area contributed by atoms with Crippen molar-refractivity contribution in [2.75, 3.05) is 5.32 Å². The molecule has 0 unspecified atom stereocenters. The lowest BCUT2D eigenvalue weighted by Crippen LogP contribution is -2.26. The van der Waals surface area contributed by atoms with E-state index in [1.165, 1.54) is 16.8 Å². The molecule has 0 amide bonds. The predicted molar refractivity (Wildman–Crippen MR) is 78.4 cm³/mol. The number of anilines is 1. The lowest BCUT2D eigenvalue weighted by atomic mass is 10.00. The van der Waals surface area contributed by atoms with Crippen LogP contribution < -0.4 is 5.32 Å². The summed E-state index contributed by atoms with van der Waals surface area (Å²) < 4.78 is 0. The maximum absolute atomic E-state index is 3.73. The number of aryl methyl sites for hydroxylation is 1. The van der Waals surface area contributed by atoms with Gasteiger partial charge in [0.15, 0.2) is 0 Å². The molecular weight excluding hydrogens is 206 g/mol. The Labute approximate surface area is 105 Å². The van der Waals surface area contributed by atoms with Crippen LogP contribution in [-0.2, 0) is 6.42 Å². The smallest absolute Gasteiger partial charge is 0.0420 e. The number of rotatable bonds is 4. The van der Waals surface area contributed by atoms with E-state index in [-0.39, 0.29) is 5.54 Å². The number of nitrogens with one attached hydrogen (secondary N) is 1. The van der Waals surface area contributed by atoms with E-state index in [9.17, 15) is 0 Å². The Bertz CT molecular complexity index is 408. The summed E-state index contributed by atoms with van der Waals surface area (Å²) in [5.41, 5.74) is 3.89. The van der Waals surface area contributed by atoms with Gasteiger partial charge in [-0.25, -0.2) is 0 Å². The molecule has 0 heterocycles. The van der Waals surface area contributed by atoms with Crippen LogP contribution in [0.3, 0.4) is 0 Å². The fourth-order valence-corrected chi connectivity index (χ4v) is 1.80. The van der Waals surface area contributed by atoms with Gasteiger partial charge in [0.1, 0.15) is 0 Å². The SMILES string of the molecule is C=C/C=C\c1c(CC)cccc1NC(C)(C)C. The first-order valence-corrected chi connectivity index (χ1v) is 6.17. The van der Waals surface area contributed by atoms with E-state index in [0.717, 1.165) is 6.42 Å². The number of hydrogen-bond donors (Lipinski definition) is 1. The Hall–Kier alpha value is -1.50. The van der Waals surface area contributed by atoms with Crippen LogP contribution in [0.1, 0.15) is 38.8 Å². The van der Waals surface area contributed by atoms with Gasteiger partial charge in [-0.2, -0.15) is 0 Å². The lowest BCUT2D eigenvalue weighted by molar-refractivity contribution is 0.634. The largest absolute Gasteiger partial charge is 0.380 e. The van der Waals surface area contributed by atoms with Crippen LogP contribution in [-0.4, -0.2) is 5.54 Å². The molecule has 0 aliphatic carbocycles. The molecule has 0 radical (unpaired) electrons. The van der Waals surface area contributed by atoms with E-state index in [0.29, 0.717) is 0 Å². The molecule has 0 aliphatic rings. The van der Waals surface area contributed by atoms with Gasteiger partial charge >= 0.3 is 0 Å². The molecule has 1 rings (SSSR count). The molecule has 1 aromatic carbocycles. The van der Waals surface area contributed by atoms with Gasteiger partial charge in [0.2, 0.25) is 0 Å². The fraction of sp³-hybridized carbons (Fsp3) is 0.375. The van der Waals surface area contributed by atoms with Gasteiger partial charge < -0.3 is 5.32 Å². The Morgan fingerprint density at radius 3 is 2.53 bits per heavy atom. The van der Waals surface area contributed by atoms with Gasteiger partial charge in [0.05, 0.1) is 0 Å². The highest BCUT2D eigenvalue weighted by Gasteiger charge is 2.12. The van der Waals surface area contributed by atoms with Gasteiger partial charge in [0, 0.05) is 16.8 Å². The zero-order valence-electron chi connectivity index (χ0n) is 11.4. The summed E-state index contributed by atoms with van der Waals surface area (Å²) >= 11 is 0. The summed E-state index contributed by atoms with van der Waals surface area (Å²) in [6.45, 7) is 12.4. The lowest BCUT2D eigenvalue weighted by Gasteiger charge is -2.24. The van der Waals surface area contributed by atoms with Crippen molar-refractivity contribution in [1.82, 2.24) is 0 Å². The van der Waals surface area contributed by atoms with Gasteiger partial charge in [-0.15, -0.1) is 0 Å². The van der Waals surface area contributed by atoms with Crippen molar-refractivity contribution < 1.29 is 0 Å². The van der Waals surface area contributed by atoms with Crippen molar-refractivity contribution in [3.8, 4) is 0 Å². The highest BCUT2D eigenvalue weighted by atomic mass is 15.0. The van der Waals surface area contributed by atoms with E-state index in [1.54, 1.807) is 0 Å². The second-order valence-corrected chi connectivity index (χ2v) is 5.20. The summed E-state index contributed by atoms with van der Waals surface area (Å²) in [6.07, 6.45) is 6.96. The minimum atomic E-state index is 0.0726. The summed E-state index contributed by atoms with van der Waals surface area (Å²) in [5.74, 6) is 0. The monoisotopic (exact) mass is 229 g/mol. The zero-order chi connectivity index (χ0) is 12.9. The third-order valence-electron chi connectivity index (χ3n) is 2.49. The van der Waals surface area contributed by atoms with E-state index >= 15 is 0 Å². The molecule has 0 fully saturated rings. The van der Waals surface area contributed by atoms with Crippen molar-refractivity contribution >= 4 is 11.8 Å². The van der Waals surface area contributed by atoms with Crippen LogP contribution in [0.25, 0.3) is 6.08 Å².